The summed E-state index contributed by atoms with van der Waals surface area (Å²) in [6, 6.07) is 13.7. The van der Waals surface area contributed by atoms with Gasteiger partial charge >= 0.3 is 0 Å². The van der Waals surface area contributed by atoms with Crippen LogP contribution in [0.3, 0.4) is 0 Å². The number of hydrogen-bond donors (Lipinski definition) is 1. The minimum absolute atomic E-state index is 0.0775. The van der Waals surface area contributed by atoms with E-state index in [9.17, 15) is 14.0 Å². The SMILES string of the molecule is CC(C)(C(=O)NCC(=O)N1CCc2ccccc21)c1cccc(F)c1. The molecule has 1 aliphatic heterocycles. The first kappa shape index (κ1) is 17.1. The molecule has 1 heterocycles. The summed E-state index contributed by atoms with van der Waals surface area (Å²) < 4.78 is 13.4. The largest absolute Gasteiger partial charge is 0.346 e. The predicted molar refractivity (Wildman–Crippen MR) is 94.9 cm³/mol. The average Bonchev–Trinajstić information content (AvgIpc) is 3.03. The maximum atomic E-state index is 13.4. The second-order valence-electron chi connectivity index (χ2n) is 6.74. The molecule has 0 saturated heterocycles. The van der Waals surface area contributed by atoms with Crippen molar-refractivity contribution in [2.75, 3.05) is 18.0 Å². The van der Waals surface area contributed by atoms with E-state index in [1.165, 1.54) is 12.1 Å². The van der Waals surface area contributed by atoms with Gasteiger partial charge in [0, 0.05) is 12.2 Å². The highest BCUT2D eigenvalue weighted by molar-refractivity contribution is 5.99. The van der Waals surface area contributed by atoms with E-state index in [1.807, 2.05) is 24.3 Å². The molecule has 5 heteroatoms. The molecular weight excluding hydrogens is 319 g/mol. The molecule has 3 rings (SSSR count). The Balaban J connectivity index is 1.65. The lowest BCUT2D eigenvalue weighted by Crippen LogP contribution is -2.45. The third-order valence-corrected chi connectivity index (χ3v) is 4.70. The quantitative estimate of drug-likeness (QED) is 0.930. The third-order valence-electron chi connectivity index (χ3n) is 4.70. The van der Waals surface area contributed by atoms with Crippen LogP contribution in [0.5, 0.6) is 0 Å². The minimum Gasteiger partial charge on any atom is -0.346 e. The van der Waals surface area contributed by atoms with E-state index < -0.39 is 5.41 Å². The minimum atomic E-state index is -0.925. The van der Waals surface area contributed by atoms with Crippen LogP contribution in [0.4, 0.5) is 10.1 Å². The molecule has 4 nitrogen and oxygen atoms in total. The first-order valence-electron chi connectivity index (χ1n) is 8.32. The molecule has 1 N–H and O–H groups in total. The molecule has 0 unspecified atom stereocenters. The number of nitrogens with one attached hydrogen (secondary N) is 1. The van der Waals surface area contributed by atoms with Gasteiger partial charge in [-0.3, -0.25) is 9.59 Å². The van der Waals surface area contributed by atoms with Crippen LogP contribution in [0.25, 0.3) is 0 Å². The smallest absolute Gasteiger partial charge is 0.246 e. The number of rotatable bonds is 4. The molecule has 2 aromatic rings. The number of amides is 2. The van der Waals surface area contributed by atoms with Crippen LogP contribution < -0.4 is 10.2 Å². The molecule has 0 saturated carbocycles. The topological polar surface area (TPSA) is 49.4 Å². The molecule has 0 atom stereocenters. The summed E-state index contributed by atoms with van der Waals surface area (Å²) in [6.45, 7) is 3.98. The molecule has 0 spiro atoms. The number of para-hydroxylation sites is 1. The maximum absolute atomic E-state index is 13.4. The van der Waals surface area contributed by atoms with E-state index in [-0.39, 0.29) is 24.2 Å². The zero-order chi connectivity index (χ0) is 18.0. The van der Waals surface area contributed by atoms with Gasteiger partial charge in [-0.1, -0.05) is 30.3 Å². The monoisotopic (exact) mass is 340 g/mol. The fourth-order valence-corrected chi connectivity index (χ4v) is 3.08. The number of hydrogen-bond acceptors (Lipinski definition) is 2. The van der Waals surface area contributed by atoms with Crippen LogP contribution in [-0.4, -0.2) is 24.9 Å². The van der Waals surface area contributed by atoms with E-state index in [0.717, 1.165) is 17.7 Å². The third kappa shape index (κ3) is 3.40. The number of anilines is 1. The van der Waals surface area contributed by atoms with Gasteiger partial charge < -0.3 is 10.2 Å². The van der Waals surface area contributed by atoms with Crippen molar-refractivity contribution >= 4 is 17.5 Å². The van der Waals surface area contributed by atoms with Crippen LogP contribution in [0.1, 0.15) is 25.0 Å². The molecule has 0 radical (unpaired) electrons. The first-order valence-corrected chi connectivity index (χ1v) is 8.32. The molecule has 0 fully saturated rings. The highest BCUT2D eigenvalue weighted by Crippen LogP contribution is 2.27. The van der Waals surface area contributed by atoms with Crippen LogP contribution in [-0.2, 0) is 21.4 Å². The number of carbonyl (C=O) groups excluding carboxylic acids is 2. The lowest BCUT2D eigenvalue weighted by Gasteiger charge is -2.25. The zero-order valence-corrected chi connectivity index (χ0v) is 14.4. The molecule has 2 amide bonds. The van der Waals surface area contributed by atoms with Crippen molar-refractivity contribution in [1.29, 1.82) is 0 Å². The Morgan fingerprint density at radius 1 is 1.16 bits per heavy atom. The Bertz CT molecular complexity index is 817. The van der Waals surface area contributed by atoms with E-state index in [1.54, 1.807) is 30.9 Å². The van der Waals surface area contributed by atoms with Gasteiger partial charge in [-0.05, 0) is 49.6 Å². The molecule has 0 bridgehead atoms. The lowest BCUT2D eigenvalue weighted by atomic mass is 9.83. The first-order chi connectivity index (χ1) is 11.9. The Morgan fingerprint density at radius 3 is 2.68 bits per heavy atom. The van der Waals surface area contributed by atoms with Gasteiger partial charge in [-0.2, -0.15) is 0 Å². The van der Waals surface area contributed by atoms with Gasteiger partial charge in [0.1, 0.15) is 5.82 Å². The fourth-order valence-electron chi connectivity index (χ4n) is 3.08. The molecule has 130 valence electrons. The Morgan fingerprint density at radius 2 is 1.92 bits per heavy atom. The molecule has 0 aliphatic carbocycles. The van der Waals surface area contributed by atoms with E-state index >= 15 is 0 Å². The van der Waals surface area contributed by atoms with Gasteiger partial charge in [-0.25, -0.2) is 4.39 Å². The summed E-state index contributed by atoms with van der Waals surface area (Å²) in [4.78, 5) is 26.7. The maximum Gasteiger partial charge on any atom is 0.246 e. The Hall–Kier alpha value is -2.69. The second kappa shape index (κ2) is 6.67. The van der Waals surface area contributed by atoms with Crippen molar-refractivity contribution in [1.82, 2.24) is 5.32 Å². The van der Waals surface area contributed by atoms with Gasteiger partial charge in [-0.15, -0.1) is 0 Å². The van der Waals surface area contributed by atoms with Crippen molar-refractivity contribution in [3.05, 3.63) is 65.5 Å². The van der Waals surface area contributed by atoms with E-state index in [4.69, 9.17) is 0 Å². The Labute approximate surface area is 146 Å². The summed E-state index contributed by atoms with van der Waals surface area (Å²) in [5, 5.41) is 2.70. The van der Waals surface area contributed by atoms with Crippen LogP contribution in [0.15, 0.2) is 48.5 Å². The number of halogens is 1. The summed E-state index contributed by atoms with van der Waals surface area (Å²) in [6.07, 6.45) is 0.824. The summed E-state index contributed by atoms with van der Waals surface area (Å²) in [5.74, 6) is -0.838. The average molecular weight is 340 g/mol. The van der Waals surface area contributed by atoms with Crippen molar-refractivity contribution < 1.29 is 14.0 Å². The number of carbonyl (C=O) groups is 2. The van der Waals surface area contributed by atoms with Gasteiger partial charge in [0.15, 0.2) is 0 Å². The van der Waals surface area contributed by atoms with Crippen LogP contribution in [0.2, 0.25) is 0 Å². The predicted octanol–water partition coefficient (Wildman–Crippen LogP) is 2.81. The summed E-state index contributed by atoms with van der Waals surface area (Å²) >= 11 is 0. The molecule has 2 aromatic carbocycles. The fraction of sp³-hybridized carbons (Fsp3) is 0.300. The van der Waals surface area contributed by atoms with Crippen molar-refractivity contribution in [2.24, 2.45) is 0 Å². The van der Waals surface area contributed by atoms with Gasteiger partial charge in [0.25, 0.3) is 0 Å². The van der Waals surface area contributed by atoms with Gasteiger partial charge in [0.2, 0.25) is 11.8 Å². The number of fused-ring (bicyclic) bond motifs is 1. The Kier molecular flexibility index (Phi) is 4.57. The summed E-state index contributed by atoms with van der Waals surface area (Å²) in [7, 11) is 0. The number of nitrogens with zero attached hydrogens (tertiary/aromatic N) is 1. The van der Waals surface area contributed by atoms with E-state index in [0.29, 0.717) is 12.1 Å². The normalized spacial score (nSPS) is 13.5. The van der Waals surface area contributed by atoms with Crippen LogP contribution in [0, 0.1) is 5.82 Å². The highest BCUT2D eigenvalue weighted by Gasteiger charge is 2.31. The zero-order valence-electron chi connectivity index (χ0n) is 14.4. The summed E-state index contributed by atoms with van der Waals surface area (Å²) in [5.41, 5.74) is 1.70. The van der Waals surface area contributed by atoms with Crippen molar-refractivity contribution in [3.8, 4) is 0 Å². The second-order valence-corrected chi connectivity index (χ2v) is 6.74. The molecular formula is C20H21FN2O2. The van der Waals surface area contributed by atoms with Crippen LogP contribution >= 0.6 is 0 Å². The van der Waals surface area contributed by atoms with Crippen molar-refractivity contribution in [2.45, 2.75) is 25.7 Å². The number of benzene rings is 2. The van der Waals surface area contributed by atoms with Crippen molar-refractivity contribution in [3.63, 3.8) is 0 Å². The van der Waals surface area contributed by atoms with Gasteiger partial charge in [0.05, 0.1) is 12.0 Å². The molecule has 1 aliphatic rings. The van der Waals surface area contributed by atoms with E-state index in [2.05, 4.69) is 5.32 Å². The standard InChI is InChI=1S/C20H21FN2O2/c1-20(2,15-7-5-8-16(21)12-15)19(25)22-13-18(24)23-11-10-14-6-3-4-9-17(14)23/h3-9,12H,10-11,13H2,1-2H3,(H,22,25). The molecule has 25 heavy (non-hydrogen) atoms. The lowest BCUT2D eigenvalue weighted by molar-refractivity contribution is -0.128. The highest BCUT2D eigenvalue weighted by atomic mass is 19.1. The molecule has 0 aromatic heterocycles.